The van der Waals surface area contributed by atoms with Gasteiger partial charge in [-0.25, -0.2) is 5.43 Å². The van der Waals surface area contributed by atoms with Crippen LogP contribution in [0.15, 0.2) is 81.2 Å². The Morgan fingerprint density at radius 2 is 1.91 bits per heavy atom. The van der Waals surface area contributed by atoms with E-state index in [2.05, 4.69) is 26.5 Å². The predicted octanol–water partition coefficient (Wildman–Crippen LogP) is 6.32. The van der Waals surface area contributed by atoms with E-state index in [1.165, 1.54) is 0 Å². The van der Waals surface area contributed by atoms with Gasteiger partial charge in [0.1, 0.15) is 6.61 Å². The Kier molecular flexibility index (Phi) is 9.46. The minimum Gasteiger partial charge on any atom is -0.493 e. The van der Waals surface area contributed by atoms with Crippen molar-refractivity contribution in [3.05, 3.63) is 87.4 Å². The number of carbonyl (C=O) groups is 1. The lowest BCUT2D eigenvalue weighted by Crippen LogP contribution is -2.17. The standard InChI is InChI=1S/C24H22BrClN2O3S/c1-30-22-14-18(13-21(25)24(22)31-16-17-5-3-2-4-6-17)15-27-28-23(29)11-12-32-20-9-7-19(26)8-10-20/h2-10,13-15H,11-12,16H2,1H3,(H,28,29)/b27-15-. The molecule has 0 unspecified atom stereocenters. The number of nitrogens with zero attached hydrogens (tertiary/aromatic N) is 1. The van der Waals surface area contributed by atoms with E-state index in [0.717, 1.165) is 20.5 Å². The van der Waals surface area contributed by atoms with Crippen LogP contribution in [0.25, 0.3) is 0 Å². The fourth-order valence-corrected chi connectivity index (χ4v) is 4.26. The summed E-state index contributed by atoms with van der Waals surface area (Å²) >= 11 is 11.0. The monoisotopic (exact) mass is 532 g/mol. The largest absolute Gasteiger partial charge is 0.493 e. The van der Waals surface area contributed by atoms with Crippen LogP contribution in [0.3, 0.4) is 0 Å². The third kappa shape index (κ3) is 7.58. The number of benzene rings is 3. The molecule has 0 saturated heterocycles. The minimum atomic E-state index is -0.156. The molecule has 3 aromatic rings. The Labute approximate surface area is 205 Å². The summed E-state index contributed by atoms with van der Waals surface area (Å²) in [6.45, 7) is 0.424. The summed E-state index contributed by atoms with van der Waals surface area (Å²) in [4.78, 5) is 13.1. The van der Waals surface area contributed by atoms with Gasteiger partial charge in [-0.1, -0.05) is 41.9 Å². The summed E-state index contributed by atoms with van der Waals surface area (Å²) in [6.07, 6.45) is 1.92. The van der Waals surface area contributed by atoms with E-state index < -0.39 is 0 Å². The number of thioether (sulfide) groups is 1. The van der Waals surface area contributed by atoms with Crippen LogP contribution >= 0.6 is 39.3 Å². The van der Waals surface area contributed by atoms with E-state index in [-0.39, 0.29) is 5.91 Å². The number of methoxy groups -OCH3 is 1. The average molecular weight is 534 g/mol. The van der Waals surface area contributed by atoms with Gasteiger partial charge in [0.2, 0.25) is 5.91 Å². The van der Waals surface area contributed by atoms with Gasteiger partial charge in [0.05, 0.1) is 17.8 Å². The Bertz CT molecular complexity index is 1060. The van der Waals surface area contributed by atoms with E-state index in [1.807, 2.05) is 60.7 Å². The maximum absolute atomic E-state index is 12.0. The molecule has 0 atom stereocenters. The van der Waals surface area contributed by atoms with Crippen LogP contribution < -0.4 is 14.9 Å². The third-order valence-electron chi connectivity index (χ3n) is 4.29. The number of hydrogen-bond donors (Lipinski definition) is 1. The molecule has 0 bridgehead atoms. The molecule has 5 nitrogen and oxygen atoms in total. The molecule has 3 rings (SSSR count). The second kappa shape index (κ2) is 12.5. The Hall–Kier alpha value is -2.48. The molecule has 0 spiro atoms. The van der Waals surface area contributed by atoms with Gasteiger partial charge < -0.3 is 9.47 Å². The number of hydrazone groups is 1. The average Bonchev–Trinajstić information content (AvgIpc) is 2.80. The first-order valence-electron chi connectivity index (χ1n) is 9.79. The van der Waals surface area contributed by atoms with Gasteiger partial charge in [-0.15, -0.1) is 11.8 Å². The molecule has 1 N–H and O–H groups in total. The van der Waals surface area contributed by atoms with Crippen molar-refractivity contribution in [3.8, 4) is 11.5 Å². The van der Waals surface area contributed by atoms with Crippen LogP contribution in [-0.2, 0) is 11.4 Å². The van der Waals surface area contributed by atoms with Gasteiger partial charge in [-0.05, 0) is 63.5 Å². The normalized spacial score (nSPS) is 10.8. The molecular weight excluding hydrogens is 512 g/mol. The highest BCUT2D eigenvalue weighted by molar-refractivity contribution is 9.10. The van der Waals surface area contributed by atoms with Gasteiger partial charge in [0.25, 0.3) is 0 Å². The maximum Gasteiger partial charge on any atom is 0.240 e. The molecule has 0 saturated carbocycles. The van der Waals surface area contributed by atoms with Crippen LogP contribution in [0.1, 0.15) is 17.5 Å². The molecule has 166 valence electrons. The molecular formula is C24H22BrClN2O3S. The first-order chi connectivity index (χ1) is 15.5. The Balaban J connectivity index is 1.51. The number of hydrogen-bond acceptors (Lipinski definition) is 5. The molecule has 32 heavy (non-hydrogen) atoms. The summed E-state index contributed by atoms with van der Waals surface area (Å²) in [5.74, 6) is 1.67. The Morgan fingerprint density at radius 1 is 1.16 bits per heavy atom. The van der Waals surface area contributed by atoms with Crippen LogP contribution in [0.2, 0.25) is 5.02 Å². The molecule has 0 fully saturated rings. The molecule has 0 aliphatic rings. The summed E-state index contributed by atoms with van der Waals surface area (Å²) in [6, 6.07) is 21.1. The number of rotatable bonds is 10. The van der Waals surface area contributed by atoms with Gasteiger partial charge in [-0.3, -0.25) is 4.79 Å². The van der Waals surface area contributed by atoms with Crippen molar-refractivity contribution in [3.63, 3.8) is 0 Å². The highest BCUT2D eigenvalue weighted by atomic mass is 79.9. The van der Waals surface area contributed by atoms with E-state index in [1.54, 1.807) is 31.2 Å². The first-order valence-corrected chi connectivity index (χ1v) is 12.0. The number of amides is 1. The number of carbonyl (C=O) groups excluding carboxylic acids is 1. The molecule has 0 aromatic heterocycles. The van der Waals surface area contributed by atoms with Crippen LogP contribution in [0.5, 0.6) is 11.5 Å². The lowest BCUT2D eigenvalue weighted by molar-refractivity contribution is -0.120. The molecule has 0 aliphatic heterocycles. The number of ether oxygens (including phenoxy) is 2. The van der Waals surface area contributed by atoms with Crippen molar-refractivity contribution in [1.29, 1.82) is 0 Å². The third-order valence-corrected chi connectivity index (χ3v) is 6.15. The summed E-state index contributed by atoms with van der Waals surface area (Å²) in [5, 5.41) is 4.74. The van der Waals surface area contributed by atoms with Crippen LogP contribution in [-0.4, -0.2) is 25.0 Å². The predicted molar refractivity (Wildman–Crippen MR) is 134 cm³/mol. The summed E-state index contributed by atoms with van der Waals surface area (Å²) in [7, 11) is 1.58. The first kappa shape index (κ1) is 24.2. The summed E-state index contributed by atoms with van der Waals surface area (Å²) < 4.78 is 12.1. The highest BCUT2D eigenvalue weighted by Crippen LogP contribution is 2.36. The quantitative estimate of drug-likeness (QED) is 0.188. The smallest absolute Gasteiger partial charge is 0.240 e. The SMILES string of the molecule is COc1cc(/C=N\NC(=O)CCSc2ccc(Cl)cc2)cc(Br)c1OCc1ccccc1. The zero-order valence-corrected chi connectivity index (χ0v) is 20.5. The van der Waals surface area contributed by atoms with Crippen molar-refractivity contribution in [1.82, 2.24) is 5.43 Å². The molecule has 3 aromatic carbocycles. The Morgan fingerprint density at radius 3 is 2.62 bits per heavy atom. The van der Waals surface area contributed by atoms with Crippen molar-refractivity contribution < 1.29 is 14.3 Å². The zero-order valence-electron chi connectivity index (χ0n) is 17.4. The van der Waals surface area contributed by atoms with Crippen molar-refractivity contribution >= 4 is 51.4 Å². The van der Waals surface area contributed by atoms with Gasteiger partial charge in [0, 0.05) is 22.1 Å². The molecule has 1 amide bonds. The molecule has 8 heteroatoms. The topological polar surface area (TPSA) is 59.9 Å². The molecule has 0 radical (unpaired) electrons. The number of halogens is 2. The van der Waals surface area contributed by atoms with E-state index in [4.69, 9.17) is 21.1 Å². The lowest BCUT2D eigenvalue weighted by Gasteiger charge is -2.13. The summed E-state index contributed by atoms with van der Waals surface area (Å²) in [5.41, 5.74) is 4.37. The van der Waals surface area contributed by atoms with Crippen molar-refractivity contribution in [2.75, 3.05) is 12.9 Å². The molecule has 0 heterocycles. The fraction of sp³-hybridized carbons (Fsp3) is 0.167. The van der Waals surface area contributed by atoms with E-state index in [0.29, 0.717) is 35.3 Å². The maximum atomic E-state index is 12.0. The van der Waals surface area contributed by atoms with Gasteiger partial charge >= 0.3 is 0 Å². The van der Waals surface area contributed by atoms with Gasteiger partial charge in [-0.2, -0.15) is 5.10 Å². The number of nitrogens with one attached hydrogen (secondary N) is 1. The highest BCUT2D eigenvalue weighted by Gasteiger charge is 2.11. The van der Waals surface area contributed by atoms with Gasteiger partial charge in [0.15, 0.2) is 11.5 Å². The van der Waals surface area contributed by atoms with E-state index >= 15 is 0 Å². The molecule has 0 aliphatic carbocycles. The minimum absolute atomic E-state index is 0.156. The van der Waals surface area contributed by atoms with Crippen LogP contribution in [0, 0.1) is 0 Å². The lowest BCUT2D eigenvalue weighted by atomic mass is 10.2. The van der Waals surface area contributed by atoms with Crippen LogP contribution in [0.4, 0.5) is 0 Å². The second-order valence-electron chi connectivity index (χ2n) is 6.65. The van der Waals surface area contributed by atoms with Crippen molar-refractivity contribution in [2.24, 2.45) is 5.10 Å². The second-order valence-corrected chi connectivity index (χ2v) is 9.11. The van der Waals surface area contributed by atoms with E-state index in [9.17, 15) is 4.79 Å². The zero-order chi connectivity index (χ0) is 22.8. The van der Waals surface area contributed by atoms with Crippen molar-refractivity contribution in [2.45, 2.75) is 17.9 Å². The fourth-order valence-electron chi connectivity index (χ4n) is 2.71.